The number of aliphatic hydroxyl groups is 4. The monoisotopic (exact) mass is 508 g/mol. The molecule has 8 N–H and O–H groups in total. The number of unbranched alkanes of at least 4 members (excludes halogenated alkanes) is 2. The molecule has 1 unspecified atom stereocenters. The first-order valence-electron chi connectivity index (χ1n) is 12.1. The van der Waals surface area contributed by atoms with E-state index >= 15 is 0 Å². The maximum atomic E-state index is 9.32. The van der Waals surface area contributed by atoms with Crippen LogP contribution >= 0.6 is 0 Å². The van der Waals surface area contributed by atoms with Crippen molar-refractivity contribution in [3.05, 3.63) is 36.4 Å². The van der Waals surface area contributed by atoms with Crippen molar-refractivity contribution < 1.29 is 29.9 Å². The van der Waals surface area contributed by atoms with Crippen LogP contribution in [0.15, 0.2) is 36.4 Å². The first kappa shape index (κ1) is 31.1. The summed E-state index contributed by atoms with van der Waals surface area (Å²) in [5, 5.41) is 35.9. The number of hydrogen-bond donors (Lipinski definition) is 6. The van der Waals surface area contributed by atoms with Gasteiger partial charge in [-0.25, -0.2) is 0 Å². The summed E-state index contributed by atoms with van der Waals surface area (Å²) < 4.78 is 10.4. The zero-order valence-electron chi connectivity index (χ0n) is 21.8. The maximum absolute atomic E-state index is 9.32. The van der Waals surface area contributed by atoms with Gasteiger partial charge < -0.3 is 51.2 Å². The molecule has 0 aromatic heterocycles. The van der Waals surface area contributed by atoms with Gasteiger partial charge in [-0.3, -0.25) is 0 Å². The molecule has 0 heterocycles. The van der Waals surface area contributed by atoms with E-state index < -0.39 is 6.10 Å². The summed E-state index contributed by atoms with van der Waals surface area (Å²) in [4.78, 5) is 4.07. The third kappa shape index (κ3) is 10.8. The topological polar surface area (TPSA) is 158 Å². The predicted molar refractivity (Wildman–Crippen MR) is 146 cm³/mol. The van der Waals surface area contributed by atoms with Crippen molar-refractivity contribution in [2.75, 3.05) is 82.0 Å². The van der Waals surface area contributed by atoms with E-state index in [1.807, 2.05) is 36.2 Å². The molecule has 0 radical (unpaired) electrons. The highest BCUT2D eigenvalue weighted by molar-refractivity contribution is 5.63. The fraction of sp³-hybridized carbons (Fsp3) is 0.538. The number of hydrogen-bond acceptors (Lipinski definition) is 10. The SMILES string of the molecule is COc1cc(N(C)CC(O)CO)ccc1N.COc1cc(N(CCCCO)CCCCO)ccc1N. The zero-order chi connectivity index (χ0) is 26.9. The van der Waals surface area contributed by atoms with Crippen LogP contribution in [0.2, 0.25) is 0 Å². The Labute approximate surface area is 214 Å². The van der Waals surface area contributed by atoms with Gasteiger partial charge in [0.25, 0.3) is 0 Å². The number of methoxy groups -OCH3 is 2. The summed E-state index contributed by atoms with van der Waals surface area (Å²) in [7, 11) is 4.99. The van der Waals surface area contributed by atoms with Crippen molar-refractivity contribution in [2.45, 2.75) is 31.8 Å². The smallest absolute Gasteiger partial charge is 0.143 e. The number of benzene rings is 2. The summed E-state index contributed by atoms with van der Waals surface area (Å²) in [5.74, 6) is 1.28. The van der Waals surface area contributed by atoms with E-state index in [0.29, 0.717) is 29.4 Å². The lowest BCUT2D eigenvalue weighted by molar-refractivity contribution is 0.101. The maximum Gasteiger partial charge on any atom is 0.143 e. The molecule has 0 saturated carbocycles. The molecule has 0 aliphatic rings. The molecule has 0 saturated heterocycles. The van der Waals surface area contributed by atoms with Crippen LogP contribution in [-0.4, -0.2) is 87.3 Å². The molecule has 36 heavy (non-hydrogen) atoms. The Hall–Kier alpha value is -2.92. The van der Waals surface area contributed by atoms with E-state index in [-0.39, 0.29) is 19.8 Å². The molecule has 0 aliphatic heterocycles. The van der Waals surface area contributed by atoms with E-state index in [1.54, 1.807) is 26.4 Å². The zero-order valence-corrected chi connectivity index (χ0v) is 21.8. The largest absolute Gasteiger partial charge is 0.495 e. The fourth-order valence-electron chi connectivity index (χ4n) is 3.51. The highest BCUT2D eigenvalue weighted by Crippen LogP contribution is 2.28. The van der Waals surface area contributed by atoms with Gasteiger partial charge in [-0.15, -0.1) is 0 Å². The average molecular weight is 509 g/mol. The predicted octanol–water partition coefficient (Wildman–Crippen LogP) is 1.70. The van der Waals surface area contributed by atoms with Crippen molar-refractivity contribution in [1.82, 2.24) is 0 Å². The standard InChI is InChI=1S/C15H26N2O3.C11H18N2O3/c1-20-15-12-13(6-7-14(15)16)17(8-2-4-10-18)9-3-5-11-19;1-13(6-9(15)7-14)8-3-4-10(12)11(5-8)16-2/h6-7,12,18-19H,2-5,8-11,16H2,1H3;3-5,9,14-15H,6-7,12H2,1-2H3. The summed E-state index contributed by atoms with van der Waals surface area (Å²) in [6.45, 7) is 2.28. The van der Waals surface area contributed by atoms with Crippen LogP contribution in [0.3, 0.4) is 0 Å². The van der Waals surface area contributed by atoms with Gasteiger partial charge in [-0.2, -0.15) is 0 Å². The lowest BCUT2D eigenvalue weighted by Gasteiger charge is -2.25. The minimum absolute atomic E-state index is 0.218. The number of ether oxygens (including phenoxy) is 2. The van der Waals surface area contributed by atoms with Gasteiger partial charge in [0.15, 0.2) is 0 Å². The average Bonchev–Trinajstić information content (AvgIpc) is 2.88. The van der Waals surface area contributed by atoms with Crippen LogP contribution in [0.4, 0.5) is 22.7 Å². The highest BCUT2D eigenvalue weighted by Gasteiger charge is 2.10. The number of aliphatic hydroxyl groups excluding tert-OH is 4. The first-order chi connectivity index (χ1) is 17.3. The van der Waals surface area contributed by atoms with Crippen LogP contribution in [0.1, 0.15) is 25.7 Å². The Bertz CT molecular complexity index is 860. The van der Waals surface area contributed by atoms with E-state index in [2.05, 4.69) is 4.90 Å². The van der Waals surface area contributed by atoms with Gasteiger partial charge >= 0.3 is 0 Å². The van der Waals surface area contributed by atoms with Gasteiger partial charge in [0.1, 0.15) is 11.5 Å². The van der Waals surface area contributed by atoms with Gasteiger partial charge in [0.2, 0.25) is 0 Å². The minimum atomic E-state index is -0.756. The van der Waals surface area contributed by atoms with E-state index in [4.69, 9.17) is 36.3 Å². The number of nitrogens with zero attached hydrogens (tertiary/aromatic N) is 2. The molecule has 0 bridgehead atoms. The van der Waals surface area contributed by atoms with Crippen LogP contribution in [0, 0.1) is 0 Å². The van der Waals surface area contributed by atoms with Gasteiger partial charge in [-0.1, -0.05) is 0 Å². The Morgan fingerprint density at radius 1 is 0.778 bits per heavy atom. The van der Waals surface area contributed by atoms with Crippen molar-refractivity contribution in [3.63, 3.8) is 0 Å². The Morgan fingerprint density at radius 2 is 1.25 bits per heavy atom. The molecule has 0 amide bonds. The van der Waals surface area contributed by atoms with Gasteiger partial charge in [0.05, 0.1) is 38.3 Å². The molecule has 1 atom stereocenters. The molecule has 2 aromatic rings. The quantitative estimate of drug-likeness (QED) is 0.154. The third-order valence-corrected chi connectivity index (χ3v) is 5.61. The summed E-state index contributed by atoms with van der Waals surface area (Å²) in [6.07, 6.45) is 2.70. The second-order valence-corrected chi connectivity index (χ2v) is 8.42. The van der Waals surface area contributed by atoms with Crippen LogP contribution in [-0.2, 0) is 0 Å². The second-order valence-electron chi connectivity index (χ2n) is 8.42. The van der Waals surface area contributed by atoms with Crippen molar-refractivity contribution in [1.29, 1.82) is 0 Å². The molecule has 2 rings (SSSR count). The minimum Gasteiger partial charge on any atom is -0.495 e. The van der Waals surface area contributed by atoms with Crippen LogP contribution in [0.25, 0.3) is 0 Å². The van der Waals surface area contributed by atoms with Crippen molar-refractivity contribution >= 4 is 22.7 Å². The Morgan fingerprint density at radius 3 is 1.69 bits per heavy atom. The normalized spacial score (nSPS) is 11.3. The number of nitrogen functional groups attached to an aromatic ring is 2. The molecule has 0 spiro atoms. The second kappa shape index (κ2) is 17.5. The number of anilines is 4. The van der Waals surface area contributed by atoms with E-state index in [0.717, 1.165) is 50.1 Å². The molecule has 10 nitrogen and oxygen atoms in total. The number of nitrogens with two attached hydrogens (primary N) is 2. The third-order valence-electron chi connectivity index (χ3n) is 5.61. The highest BCUT2D eigenvalue weighted by atomic mass is 16.5. The lowest BCUT2D eigenvalue weighted by Crippen LogP contribution is -2.31. The molecule has 2 aromatic carbocycles. The Kier molecular flexibility index (Phi) is 15.1. The van der Waals surface area contributed by atoms with Crippen LogP contribution in [0.5, 0.6) is 11.5 Å². The van der Waals surface area contributed by atoms with Gasteiger partial charge in [0, 0.05) is 63.4 Å². The van der Waals surface area contributed by atoms with E-state index in [1.165, 1.54) is 0 Å². The summed E-state index contributed by atoms with van der Waals surface area (Å²) in [6, 6.07) is 11.1. The number of likely N-dealkylation sites (N-methyl/N-ethyl adjacent to an activating group) is 1. The lowest BCUT2D eigenvalue weighted by atomic mass is 10.2. The summed E-state index contributed by atoms with van der Waals surface area (Å²) in [5.41, 5.74) is 14.7. The fourth-order valence-corrected chi connectivity index (χ4v) is 3.51. The summed E-state index contributed by atoms with van der Waals surface area (Å²) >= 11 is 0. The number of rotatable bonds is 15. The molecular formula is C26H44N4O6. The molecule has 0 aliphatic carbocycles. The molecular weight excluding hydrogens is 464 g/mol. The van der Waals surface area contributed by atoms with Crippen LogP contribution < -0.4 is 30.7 Å². The Balaban J connectivity index is 0.000000369. The van der Waals surface area contributed by atoms with E-state index in [9.17, 15) is 5.11 Å². The first-order valence-corrected chi connectivity index (χ1v) is 12.1. The van der Waals surface area contributed by atoms with Crippen molar-refractivity contribution in [2.24, 2.45) is 0 Å². The molecule has 10 heteroatoms. The van der Waals surface area contributed by atoms with Crippen molar-refractivity contribution in [3.8, 4) is 11.5 Å². The van der Waals surface area contributed by atoms with Gasteiger partial charge in [-0.05, 0) is 49.9 Å². The molecule has 0 fully saturated rings. The molecule has 204 valence electrons.